The highest BCUT2D eigenvalue weighted by molar-refractivity contribution is 7.12. The van der Waals surface area contributed by atoms with E-state index in [4.69, 9.17) is 9.15 Å². The summed E-state index contributed by atoms with van der Waals surface area (Å²) in [4.78, 5) is 28.5. The number of amides is 2. The molecule has 1 aliphatic rings. The Hall–Kier alpha value is -3.84. The Morgan fingerprint density at radius 3 is 2.68 bits per heavy atom. The molecule has 196 valence electrons. The van der Waals surface area contributed by atoms with Crippen LogP contribution in [-0.2, 0) is 13.0 Å². The minimum atomic E-state index is -0.216. The lowest BCUT2D eigenvalue weighted by Crippen LogP contribution is -2.40. The fourth-order valence-corrected chi connectivity index (χ4v) is 5.41. The lowest BCUT2D eigenvalue weighted by molar-refractivity contribution is 0.0699. The van der Waals surface area contributed by atoms with E-state index in [0.717, 1.165) is 28.8 Å². The molecule has 0 radical (unpaired) electrons. The standard InChI is InChI=1S/C31H32N2O4S/c1-21(2)14-16-32-30(34)27-13-12-25(37-27)20-36-24-11-10-22-15-17-33(31(35)28-9-6-18-38-28)29(26(22)19-24)23-7-4-3-5-8-23/h3-13,18-19,21,29H,14-17,20H2,1-2H3,(H,32,34)/t29-/m1/s1. The van der Waals surface area contributed by atoms with Crippen LogP contribution >= 0.6 is 11.3 Å². The van der Waals surface area contributed by atoms with Gasteiger partial charge >= 0.3 is 0 Å². The van der Waals surface area contributed by atoms with Crippen molar-refractivity contribution >= 4 is 23.2 Å². The van der Waals surface area contributed by atoms with Crippen molar-refractivity contribution in [1.29, 1.82) is 0 Å². The van der Waals surface area contributed by atoms with Crippen LogP contribution in [0.25, 0.3) is 0 Å². The second-order valence-electron chi connectivity index (χ2n) is 9.89. The third kappa shape index (κ3) is 5.83. The molecule has 1 aliphatic heterocycles. The van der Waals surface area contributed by atoms with Crippen molar-refractivity contribution in [2.75, 3.05) is 13.1 Å². The summed E-state index contributed by atoms with van der Waals surface area (Å²) in [6.07, 6.45) is 1.70. The zero-order valence-electron chi connectivity index (χ0n) is 21.7. The SMILES string of the molecule is CC(C)CCNC(=O)c1ccc(COc2ccc3c(c2)[C@@H](c2ccccc2)N(C(=O)c2cccs2)CC3)o1. The zero-order valence-corrected chi connectivity index (χ0v) is 22.5. The van der Waals surface area contributed by atoms with Gasteiger partial charge in [-0.25, -0.2) is 0 Å². The largest absolute Gasteiger partial charge is 0.486 e. The van der Waals surface area contributed by atoms with E-state index >= 15 is 0 Å². The average molecular weight is 529 g/mol. The van der Waals surface area contributed by atoms with Crippen LogP contribution in [0.15, 0.2) is 82.6 Å². The number of nitrogens with one attached hydrogen (secondary N) is 1. The van der Waals surface area contributed by atoms with Crippen molar-refractivity contribution in [2.24, 2.45) is 5.92 Å². The fraction of sp³-hybridized carbons (Fsp3) is 0.290. The molecule has 7 heteroatoms. The van der Waals surface area contributed by atoms with Crippen molar-refractivity contribution < 1.29 is 18.7 Å². The highest BCUT2D eigenvalue weighted by Gasteiger charge is 2.33. The average Bonchev–Trinajstić information content (AvgIpc) is 3.64. The van der Waals surface area contributed by atoms with Crippen LogP contribution in [0.3, 0.4) is 0 Å². The number of hydrogen-bond donors (Lipinski definition) is 1. The number of ether oxygens (including phenoxy) is 1. The normalized spacial score (nSPS) is 14.8. The maximum absolute atomic E-state index is 13.5. The first kappa shape index (κ1) is 25.8. The Morgan fingerprint density at radius 1 is 1.08 bits per heavy atom. The van der Waals surface area contributed by atoms with Gasteiger partial charge in [0.25, 0.3) is 11.8 Å². The van der Waals surface area contributed by atoms with Gasteiger partial charge in [0.05, 0.1) is 10.9 Å². The van der Waals surface area contributed by atoms with Crippen LogP contribution in [0.5, 0.6) is 5.75 Å². The number of benzene rings is 2. The summed E-state index contributed by atoms with van der Waals surface area (Å²) < 4.78 is 11.8. The number of furan rings is 1. The van der Waals surface area contributed by atoms with E-state index in [9.17, 15) is 9.59 Å². The van der Waals surface area contributed by atoms with Gasteiger partial charge in [0, 0.05) is 13.1 Å². The first-order chi connectivity index (χ1) is 18.5. The molecule has 0 saturated carbocycles. The van der Waals surface area contributed by atoms with E-state index in [2.05, 4.69) is 37.4 Å². The Labute approximate surface area is 227 Å². The lowest BCUT2D eigenvalue weighted by atomic mass is 9.88. The molecule has 0 bridgehead atoms. The van der Waals surface area contributed by atoms with Gasteiger partial charge in [-0.05, 0) is 71.2 Å². The Morgan fingerprint density at radius 2 is 1.92 bits per heavy atom. The number of nitrogens with zero attached hydrogens (tertiary/aromatic N) is 1. The highest BCUT2D eigenvalue weighted by Crippen LogP contribution is 2.38. The van der Waals surface area contributed by atoms with E-state index in [1.165, 1.54) is 16.9 Å². The minimum Gasteiger partial charge on any atom is -0.486 e. The molecule has 0 saturated heterocycles. The molecule has 6 nitrogen and oxygen atoms in total. The number of carbonyl (C=O) groups is 2. The molecule has 0 unspecified atom stereocenters. The van der Waals surface area contributed by atoms with E-state index < -0.39 is 0 Å². The van der Waals surface area contributed by atoms with Crippen molar-refractivity contribution in [1.82, 2.24) is 10.2 Å². The van der Waals surface area contributed by atoms with Gasteiger partial charge in [-0.3, -0.25) is 9.59 Å². The molecule has 5 rings (SSSR count). The van der Waals surface area contributed by atoms with Crippen LogP contribution in [0, 0.1) is 5.92 Å². The minimum absolute atomic E-state index is 0.0422. The van der Waals surface area contributed by atoms with Gasteiger partial charge in [-0.2, -0.15) is 0 Å². The van der Waals surface area contributed by atoms with E-state index in [1.807, 2.05) is 52.7 Å². The summed E-state index contributed by atoms with van der Waals surface area (Å²) in [5, 5.41) is 4.82. The molecule has 38 heavy (non-hydrogen) atoms. The number of hydrogen-bond acceptors (Lipinski definition) is 5. The van der Waals surface area contributed by atoms with Gasteiger partial charge in [0.2, 0.25) is 0 Å². The summed E-state index contributed by atoms with van der Waals surface area (Å²) in [7, 11) is 0. The Balaban J connectivity index is 1.33. The van der Waals surface area contributed by atoms with Crippen molar-refractivity contribution in [3.63, 3.8) is 0 Å². The monoisotopic (exact) mass is 528 g/mol. The van der Waals surface area contributed by atoms with E-state index in [1.54, 1.807) is 12.1 Å². The second kappa shape index (κ2) is 11.7. The van der Waals surface area contributed by atoms with Gasteiger partial charge in [0.15, 0.2) is 5.76 Å². The Bertz CT molecular complexity index is 1380. The van der Waals surface area contributed by atoms with Gasteiger partial charge in [0.1, 0.15) is 18.1 Å². The summed E-state index contributed by atoms with van der Waals surface area (Å²) in [5.74, 6) is 1.90. The Kier molecular flexibility index (Phi) is 7.94. The molecule has 3 heterocycles. The first-order valence-electron chi connectivity index (χ1n) is 13.0. The molecular weight excluding hydrogens is 496 g/mol. The van der Waals surface area contributed by atoms with Crippen LogP contribution in [-0.4, -0.2) is 29.8 Å². The first-order valence-corrected chi connectivity index (χ1v) is 13.9. The smallest absolute Gasteiger partial charge is 0.286 e. The number of rotatable bonds is 9. The molecular formula is C31H32N2O4S. The maximum Gasteiger partial charge on any atom is 0.286 e. The molecule has 1 atom stereocenters. The maximum atomic E-state index is 13.5. The van der Waals surface area contributed by atoms with E-state index in [0.29, 0.717) is 30.5 Å². The van der Waals surface area contributed by atoms with Crippen LogP contribution in [0.4, 0.5) is 0 Å². The van der Waals surface area contributed by atoms with Crippen LogP contribution in [0.2, 0.25) is 0 Å². The molecule has 2 aromatic carbocycles. The van der Waals surface area contributed by atoms with Crippen molar-refractivity contribution in [3.05, 3.63) is 111 Å². The van der Waals surface area contributed by atoms with E-state index in [-0.39, 0.29) is 30.2 Å². The molecule has 2 amide bonds. The number of carbonyl (C=O) groups excluding carboxylic acids is 2. The fourth-order valence-electron chi connectivity index (χ4n) is 4.73. The summed E-state index contributed by atoms with van der Waals surface area (Å²) in [6.45, 7) is 5.71. The van der Waals surface area contributed by atoms with Gasteiger partial charge in [-0.15, -0.1) is 11.3 Å². The summed E-state index contributed by atoms with van der Waals surface area (Å²) >= 11 is 1.47. The predicted octanol–water partition coefficient (Wildman–Crippen LogP) is 6.48. The summed E-state index contributed by atoms with van der Waals surface area (Å²) in [6, 6.07) is 23.2. The third-order valence-electron chi connectivity index (χ3n) is 6.73. The van der Waals surface area contributed by atoms with Crippen LogP contribution < -0.4 is 10.1 Å². The molecule has 4 aromatic rings. The van der Waals surface area contributed by atoms with Crippen molar-refractivity contribution in [2.45, 2.75) is 39.3 Å². The number of thiophene rings is 1. The number of fused-ring (bicyclic) bond motifs is 1. The van der Waals surface area contributed by atoms with Crippen LogP contribution in [0.1, 0.15) is 69.0 Å². The lowest BCUT2D eigenvalue weighted by Gasteiger charge is -2.37. The second-order valence-corrected chi connectivity index (χ2v) is 10.8. The van der Waals surface area contributed by atoms with Crippen molar-refractivity contribution in [3.8, 4) is 5.75 Å². The van der Waals surface area contributed by atoms with Gasteiger partial charge < -0.3 is 19.4 Å². The molecule has 1 N–H and O–H groups in total. The quantitative estimate of drug-likeness (QED) is 0.270. The predicted molar refractivity (Wildman–Crippen MR) is 149 cm³/mol. The molecule has 0 fully saturated rings. The molecule has 0 aliphatic carbocycles. The topological polar surface area (TPSA) is 71.8 Å². The highest BCUT2D eigenvalue weighted by atomic mass is 32.1. The van der Waals surface area contributed by atoms with Gasteiger partial charge in [-0.1, -0.05) is 56.3 Å². The molecule has 0 spiro atoms. The summed E-state index contributed by atoms with van der Waals surface area (Å²) in [5.41, 5.74) is 3.34. The molecule has 2 aromatic heterocycles. The third-order valence-corrected chi connectivity index (χ3v) is 7.59. The zero-order chi connectivity index (χ0) is 26.5.